The van der Waals surface area contributed by atoms with Crippen LogP contribution in [0, 0.1) is 5.92 Å². The van der Waals surface area contributed by atoms with E-state index in [1.54, 1.807) is 12.1 Å². The molecule has 1 unspecified atom stereocenters. The van der Waals surface area contributed by atoms with Gasteiger partial charge in [0.1, 0.15) is 12.4 Å². The van der Waals surface area contributed by atoms with E-state index >= 15 is 0 Å². The first-order valence-corrected chi connectivity index (χ1v) is 7.39. The van der Waals surface area contributed by atoms with Crippen molar-refractivity contribution >= 4 is 35.6 Å². The smallest absolute Gasteiger partial charge is 0.138 e. The maximum atomic E-state index is 6.06. The lowest BCUT2D eigenvalue weighted by molar-refractivity contribution is 0.232. The van der Waals surface area contributed by atoms with Crippen molar-refractivity contribution in [3.8, 4) is 5.75 Å². The van der Waals surface area contributed by atoms with Crippen LogP contribution >= 0.6 is 35.6 Å². The minimum Gasteiger partial charge on any atom is -0.491 e. The summed E-state index contributed by atoms with van der Waals surface area (Å²) < 4.78 is 5.70. The quantitative estimate of drug-likeness (QED) is 0.860. The molecule has 1 saturated heterocycles. The summed E-state index contributed by atoms with van der Waals surface area (Å²) in [7, 11) is 2.01. The van der Waals surface area contributed by atoms with E-state index in [2.05, 4.69) is 10.2 Å². The van der Waals surface area contributed by atoms with E-state index in [1.165, 1.54) is 6.42 Å². The molecule has 1 aliphatic rings. The fraction of sp³-hybridized carbons (Fsp3) is 0.571. The van der Waals surface area contributed by atoms with Gasteiger partial charge in [-0.1, -0.05) is 23.2 Å². The summed E-state index contributed by atoms with van der Waals surface area (Å²) in [6.07, 6.45) is 1.27. The molecule has 0 radical (unpaired) electrons. The first-order valence-electron chi connectivity index (χ1n) is 6.64. The number of hydrogen-bond acceptors (Lipinski definition) is 3. The SMILES string of the molecule is CNCC1CCN(CCOc2ccc(Cl)cc2Cl)C1.Cl. The van der Waals surface area contributed by atoms with Crippen molar-refractivity contribution in [3.63, 3.8) is 0 Å². The number of rotatable bonds is 6. The molecule has 20 heavy (non-hydrogen) atoms. The van der Waals surface area contributed by atoms with Gasteiger partial charge in [-0.3, -0.25) is 4.90 Å². The molecule has 0 aliphatic carbocycles. The van der Waals surface area contributed by atoms with E-state index in [0.29, 0.717) is 22.4 Å². The Kier molecular flexibility index (Phi) is 8.00. The van der Waals surface area contributed by atoms with Crippen LogP contribution in [-0.4, -0.2) is 44.7 Å². The average Bonchev–Trinajstić information content (AvgIpc) is 2.80. The van der Waals surface area contributed by atoms with Crippen LogP contribution in [0.3, 0.4) is 0 Å². The number of nitrogens with zero attached hydrogens (tertiary/aromatic N) is 1. The summed E-state index contributed by atoms with van der Waals surface area (Å²) in [6.45, 7) is 5.01. The summed E-state index contributed by atoms with van der Waals surface area (Å²) >= 11 is 11.9. The molecule has 114 valence electrons. The van der Waals surface area contributed by atoms with Crippen molar-refractivity contribution < 1.29 is 4.74 Å². The molecule has 1 N–H and O–H groups in total. The van der Waals surface area contributed by atoms with Gasteiger partial charge in [0.25, 0.3) is 0 Å². The second-order valence-corrected chi connectivity index (χ2v) is 5.78. The number of halogens is 3. The minimum atomic E-state index is 0. The third-order valence-corrected chi connectivity index (χ3v) is 3.95. The molecule has 6 heteroatoms. The maximum absolute atomic E-state index is 6.06. The highest BCUT2D eigenvalue weighted by molar-refractivity contribution is 6.35. The summed E-state index contributed by atoms with van der Waals surface area (Å²) in [4.78, 5) is 2.44. The Balaban J connectivity index is 0.00000200. The molecule has 1 aromatic carbocycles. The number of ether oxygens (including phenoxy) is 1. The van der Waals surface area contributed by atoms with Gasteiger partial charge in [-0.05, 0) is 50.7 Å². The monoisotopic (exact) mass is 338 g/mol. The molecule has 0 saturated carbocycles. The molecule has 1 heterocycles. The van der Waals surface area contributed by atoms with Gasteiger partial charge < -0.3 is 10.1 Å². The number of hydrogen-bond donors (Lipinski definition) is 1. The van der Waals surface area contributed by atoms with Gasteiger partial charge in [0.05, 0.1) is 5.02 Å². The second-order valence-electron chi connectivity index (χ2n) is 4.94. The molecule has 1 aliphatic heterocycles. The van der Waals surface area contributed by atoms with Crippen molar-refractivity contribution in [2.24, 2.45) is 5.92 Å². The van der Waals surface area contributed by atoms with Crippen LogP contribution in [0.1, 0.15) is 6.42 Å². The largest absolute Gasteiger partial charge is 0.491 e. The molecule has 1 aromatic rings. The van der Waals surface area contributed by atoms with Gasteiger partial charge >= 0.3 is 0 Å². The number of likely N-dealkylation sites (tertiary alicyclic amines) is 1. The molecule has 3 nitrogen and oxygen atoms in total. The number of nitrogens with one attached hydrogen (secondary N) is 1. The third kappa shape index (κ3) is 5.30. The van der Waals surface area contributed by atoms with E-state index in [-0.39, 0.29) is 12.4 Å². The molecular weight excluding hydrogens is 319 g/mol. The van der Waals surface area contributed by atoms with Gasteiger partial charge in [0, 0.05) is 18.1 Å². The van der Waals surface area contributed by atoms with Crippen molar-refractivity contribution in [2.45, 2.75) is 6.42 Å². The molecule has 2 rings (SSSR count). The highest BCUT2D eigenvalue weighted by Crippen LogP contribution is 2.27. The molecular formula is C14H21Cl3N2O. The lowest BCUT2D eigenvalue weighted by Gasteiger charge is -2.16. The lowest BCUT2D eigenvalue weighted by Crippen LogP contribution is -2.28. The Hall–Kier alpha value is -0.190. The van der Waals surface area contributed by atoms with E-state index in [0.717, 1.165) is 32.1 Å². The van der Waals surface area contributed by atoms with Crippen LogP contribution in [0.2, 0.25) is 10.0 Å². The van der Waals surface area contributed by atoms with Crippen LogP contribution < -0.4 is 10.1 Å². The standard InChI is InChI=1S/C14H20Cl2N2O.ClH/c1-17-9-11-4-5-18(10-11)6-7-19-14-3-2-12(15)8-13(14)16;/h2-3,8,11,17H,4-7,9-10H2,1H3;1H. The van der Waals surface area contributed by atoms with E-state index < -0.39 is 0 Å². The molecule has 0 aromatic heterocycles. The Bertz CT molecular complexity index is 417. The maximum Gasteiger partial charge on any atom is 0.138 e. The van der Waals surface area contributed by atoms with Gasteiger partial charge in [0.2, 0.25) is 0 Å². The summed E-state index contributed by atoms with van der Waals surface area (Å²) in [6, 6.07) is 5.32. The zero-order valence-electron chi connectivity index (χ0n) is 11.6. The normalized spacial score (nSPS) is 18.9. The molecule has 1 fully saturated rings. The Morgan fingerprint density at radius 3 is 2.90 bits per heavy atom. The van der Waals surface area contributed by atoms with E-state index in [1.807, 2.05) is 13.1 Å². The molecule has 0 spiro atoms. The predicted molar refractivity (Wildman–Crippen MR) is 87.7 cm³/mol. The van der Waals surface area contributed by atoms with Gasteiger partial charge in [-0.15, -0.1) is 12.4 Å². The predicted octanol–water partition coefficient (Wildman–Crippen LogP) is 3.34. The van der Waals surface area contributed by atoms with E-state index in [4.69, 9.17) is 27.9 Å². The zero-order chi connectivity index (χ0) is 13.7. The van der Waals surface area contributed by atoms with Crippen LogP contribution in [0.4, 0.5) is 0 Å². The van der Waals surface area contributed by atoms with E-state index in [9.17, 15) is 0 Å². The highest BCUT2D eigenvalue weighted by atomic mass is 35.5. The minimum absolute atomic E-state index is 0. The summed E-state index contributed by atoms with van der Waals surface area (Å²) in [5.41, 5.74) is 0. The molecule has 1 atom stereocenters. The van der Waals surface area contributed by atoms with Crippen molar-refractivity contribution in [3.05, 3.63) is 28.2 Å². The Morgan fingerprint density at radius 1 is 1.40 bits per heavy atom. The first kappa shape index (κ1) is 17.9. The molecule has 0 bridgehead atoms. The fourth-order valence-electron chi connectivity index (χ4n) is 2.45. The van der Waals surface area contributed by atoms with Gasteiger partial charge in [0.15, 0.2) is 0 Å². The summed E-state index contributed by atoms with van der Waals surface area (Å²) in [5, 5.41) is 4.44. The van der Waals surface area contributed by atoms with Gasteiger partial charge in [-0.25, -0.2) is 0 Å². The Morgan fingerprint density at radius 2 is 2.20 bits per heavy atom. The van der Waals surface area contributed by atoms with Crippen LogP contribution in [0.25, 0.3) is 0 Å². The summed E-state index contributed by atoms with van der Waals surface area (Å²) in [5.74, 6) is 1.47. The molecule has 0 amide bonds. The third-order valence-electron chi connectivity index (χ3n) is 3.42. The lowest BCUT2D eigenvalue weighted by atomic mass is 10.1. The Labute approximate surface area is 137 Å². The van der Waals surface area contributed by atoms with Crippen molar-refractivity contribution in [1.29, 1.82) is 0 Å². The first-order chi connectivity index (χ1) is 9.19. The fourth-order valence-corrected chi connectivity index (χ4v) is 2.91. The average molecular weight is 340 g/mol. The van der Waals surface area contributed by atoms with Crippen LogP contribution in [-0.2, 0) is 0 Å². The zero-order valence-corrected chi connectivity index (χ0v) is 13.9. The highest BCUT2D eigenvalue weighted by Gasteiger charge is 2.21. The van der Waals surface area contributed by atoms with Crippen molar-refractivity contribution in [1.82, 2.24) is 10.2 Å². The van der Waals surface area contributed by atoms with Crippen LogP contribution in [0.5, 0.6) is 5.75 Å². The number of benzene rings is 1. The second kappa shape index (κ2) is 8.96. The van der Waals surface area contributed by atoms with Crippen LogP contribution in [0.15, 0.2) is 18.2 Å². The topological polar surface area (TPSA) is 24.5 Å². The van der Waals surface area contributed by atoms with Gasteiger partial charge in [-0.2, -0.15) is 0 Å². The van der Waals surface area contributed by atoms with Crippen molar-refractivity contribution in [2.75, 3.05) is 39.8 Å².